The molecule has 0 aliphatic heterocycles. The minimum absolute atomic E-state index is 1.45. The lowest BCUT2D eigenvalue weighted by molar-refractivity contribution is 0.158. The van der Waals surface area contributed by atoms with Crippen LogP contribution in [0.3, 0.4) is 0 Å². The fourth-order valence-corrected chi connectivity index (χ4v) is 0.110. The highest BCUT2D eigenvalue weighted by molar-refractivity contribution is 4.11. The van der Waals surface area contributed by atoms with Gasteiger partial charge < -0.3 is 4.84 Å². The fraction of sp³-hybridized carbons (Fsp3) is 1.00. The summed E-state index contributed by atoms with van der Waals surface area (Å²) in [6.07, 6.45) is 0. The Kier molecular flexibility index (Phi) is 3.00. The molecule has 0 bridgehead atoms. The van der Waals surface area contributed by atoms with Gasteiger partial charge in [0.2, 0.25) is 0 Å². The molecule has 0 spiro atoms. The first-order valence-electron chi connectivity index (χ1n) is 1.89. The highest BCUT2D eigenvalue weighted by Crippen LogP contribution is 1.76. The first-order valence-corrected chi connectivity index (χ1v) is 1.89. The van der Waals surface area contributed by atoms with Gasteiger partial charge in [-0.2, -0.15) is 0 Å². The smallest absolute Gasteiger partial charge is 0.108 e. The van der Waals surface area contributed by atoms with Crippen molar-refractivity contribution in [3.8, 4) is 0 Å². The van der Waals surface area contributed by atoms with Crippen LogP contribution in [-0.4, -0.2) is 26.2 Å². The summed E-state index contributed by atoms with van der Waals surface area (Å²) in [7, 11) is 4.98. The number of rotatable bonds is 2. The van der Waals surface area contributed by atoms with Gasteiger partial charge in [0, 0.05) is 19.4 Å². The predicted molar refractivity (Wildman–Crippen MR) is 25.6 cm³/mol. The average Bonchev–Trinajstić information content (AvgIpc) is 1.61. The van der Waals surface area contributed by atoms with Crippen molar-refractivity contribution < 1.29 is 4.84 Å². The summed E-state index contributed by atoms with van der Waals surface area (Å²) in [5.74, 6) is 0. The Hall–Kier alpha value is -0.800. The van der Waals surface area contributed by atoms with Gasteiger partial charge in [-0.3, -0.25) is 5.01 Å². The normalized spacial score (nSPS) is 9.57. The SMILES string of the molecule is CON=NN(C)C. The van der Waals surface area contributed by atoms with Crippen LogP contribution < -0.4 is 0 Å². The van der Waals surface area contributed by atoms with E-state index in [0.717, 1.165) is 0 Å². The Morgan fingerprint density at radius 2 is 2.00 bits per heavy atom. The van der Waals surface area contributed by atoms with Gasteiger partial charge in [0.15, 0.2) is 0 Å². The summed E-state index contributed by atoms with van der Waals surface area (Å²) in [4.78, 5) is 4.27. The number of hydrogen-bond acceptors (Lipinski definition) is 3. The third kappa shape index (κ3) is 5.20. The van der Waals surface area contributed by atoms with E-state index in [4.69, 9.17) is 0 Å². The Balaban J connectivity index is 3.08. The van der Waals surface area contributed by atoms with Crippen molar-refractivity contribution in [1.29, 1.82) is 0 Å². The Morgan fingerprint density at radius 1 is 1.43 bits per heavy atom. The van der Waals surface area contributed by atoms with Gasteiger partial charge in [-0.1, -0.05) is 0 Å². The van der Waals surface area contributed by atoms with Crippen molar-refractivity contribution in [1.82, 2.24) is 5.01 Å². The Bertz CT molecular complexity index is 61.2. The van der Waals surface area contributed by atoms with E-state index in [1.807, 2.05) is 0 Å². The molecule has 0 unspecified atom stereocenters. The van der Waals surface area contributed by atoms with Crippen molar-refractivity contribution in [3.63, 3.8) is 0 Å². The summed E-state index contributed by atoms with van der Waals surface area (Å²) in [6, 6.07) is 0. The summed E-state index contributed by atoms with van der Waals surface area (Å²) in [6.45, 7) is 0. The lowest BCUT2D eigenvalue weighted by Crippen LogP contribution is -1.99. The van der Waals surface area contributed by atoms with Crippen molar-refractivity contribution in [2.45, 2.75) is 0 Å². The molecular weight excluding hydrogens is 94.1 g/mol. The molecule has 0 heterocycles. The summed E-state index contributed by atoms with van der Waals surface area (Å²) >= 11 is 0. The van der Waals surface area contributed by atoms with E-state index in [-0.39, 0.29) is 0 Å². The van der Waals surface area contributed by atoms with Crippen molar-refractivity contribution in [3.05, 3.63) is 0 Å². The van der Waals surface area contributed by atoms with Crippen LogP contribution in [0.2, 0.25) is 0 Å². The molecule has 4 heteroatoms. The van der Waals surface area contributed by atoms with Crippen molar-refractivity contribution in [2.75, 3.05) is 21.2 Å². The molecule has 42 valence electrons. The van der Waals surface area contributed by atoms with Crippen LogP contribution in [0.1, 0.15) is 0 Å². The van der Waals surface area contributed by atoms with E-state index in [2.05, 4.69) is 15.3 Å². The van der Waals surface area contributed by atoms with Crippen molar-refractivity contribution in [2.24, 2.45) is 10.5 Å². The Morgan fingerprint density at radius 3 is 2.14 bits per heavy atom. The van der Waals surface area contributed by atoms with Crippen LogP contribution in [0.5, 0.6) is 0 Å². The topological polar surface area (TPSA) is 37.2 Å². The van der Waals surface area contributed by atoms with Crippen molar-refractivity contribution >= 4 is 0 Å². The first-order chi connectivity index (χ1) is 3.27. The van der Waals surface area contributed by atoms with Crippen LogP contribution in [0.4, 0.5) is 0 Å². The van der Waals surface area contributed by atoms with E-state index in [1.165, 1.54) is 7.11 Å². The highest BCUT2D eigenvalue weighted by atomic mass is 16.6. The van der Waals surface area contributed by atoms with Crippen LogP contribution in [0.25, 0.3) is 0 Å². The molecule has 4 nitrogen and oxygen atoms in total. The number of nitrogens with zero attached hydrogens (tertiary/aromatic N) is 3. The van der Waals surface area contributed by atoms with Crippen LogP contribution in [0, 0.1) is 0 Å². The largest absolute Gasteiger partial charge is 0.382 e. The molecule has 0 radical (unpaired) electrons. The van der Waals surface area contributed by atoms with Gasteiger partial charge in [0.1, 0.15) is 7.11 Å². The molecule has 0 rings (SSSR count). The van der Waals surface area contributed by atoms with Gasteiger partial charge in [0.05, 0.1) is 0 Å². The molecule has 0 N–H and O–H groups in total. The van der Waals surface area contributed by atoms with Gasteiger partial charge in [-0.25, -0.2) is 0 Å². The van der Waals surface area contributed by atoms with Gasteiger partial charge in [-0.05, 0) is 5.22 Å². The monoisotopic (exact) mass is 103 g/mol. The average molecular weight is 103 g/mol. The molecule has 0 amide bonds. The van der Waals surface area contributed by atoms with Crippen LogP contribution >= 0.6 is 0 Å². The van der Waals surface area contributed by atoms with Crippen LogP contribution in [-0.2, 0) is 4.84 Å². The molecule has 7 heavy (non-hydrogen) atoms. The van der Waals surface area contributed by atoms with Gasteiger partial charge in [-0.15, -0.1) is 0 Å². The van der Waals surface area contributed by atoms with E-state index in [9.17, 15) is 0 Å². The maximum atomic E-state index is 4.27. The van der Waals surface area contributed by atoms with E-state index in [0.29, 0.717) is 0 Å². The zero-order valence-corrected chi connectivity index (χ0v) is 4.75. The first kappa shape index (κ1) is 6.20. The second kappa shape index (κ2) is 3.39. The minimum atomic E-state index is 1.45. The predicted octanol–water partition coefficient (Wildman–Crippen LogP) is 0.477. The molecule has 0 aromatic carbocycles. The fourth-order valence-electron chi connectivity index (χ4n) is 0.110. The quantitative estimate of drug-likeness (QED) is 0.376. The summed E-state index contributed by atoms with van der Waals surface area (Å²) < 4.78 is 0. The second-order valence-electron chi connectivity index (χ2n) is 1.20. The van der Waals surface area contributed by atoms with Crippen LogP contribution in [0.15, 0.2) is 10.5 Å². The van der Waals surface area contributed by atoms with E-state index < -0.39 is 0 Å². The zero-order chi connectivity index (χ0) is 5.70. The molecular formula is C3H9N3O. The third-order valence-corrected chi connectivity index (χ3v) is 0.297. The molecule has 0 atom stereocenters. The van der Waals surface area contributed by atoms with Gasteiger partial charge in [0.25, 0.3) is 0 Å². The standard InChI is InChI=1S/C3H9N3O/c1-6(2)4-5-7-3/h1-3H3. The zero-order valence-electron chi connectivity index (χ0n) is 4.75. The Labute approximate surface area is 42.7 Å². The maximum Gasteiger partial charge on any atom is 0.108 e. The lowest BCUT2D eigenvalue weighted by atomic mass is 11.2. The lowest BCUT2D eigenvalue weighted by Gasteiger charge is -1.96. The molecule has 0 aromatic rings. The minimum Gasteiger partial charge on any atom is -0.382 e. The second-order valence-corrected chi connectivity index (χ2v) is 1.20. The van der Waals surface area contributed by atoms with E-state index in [1.54, 1.807) is 19.1 Å². The summed E-state index contributed by atoms with van der Waals surface area (Å²) in [5, 5.41) is 8.25. The molecule has 0 aliphatic rings. The van der Waals surface area contributed by atoms with E-state index >= 15 is 0 Å². The number of hydrogen-bond donors (Lipinski definition) is 0. The molecule has 0 fully saturated rings. The molecule has 0 saturated heterocycles. The molecule has 0 saturated carbocycles. The summed E-state index contributed by atoms with van der Waals surface area (Å²) in [5.41, 5.74) is 0. The third-order valence-electron chi connectivity index (χ3n) is 0.297. The van der Waals surface area contributed by atoms with Gasteiger partial charge >= 0.3 is 0 Å². The molecule has 0 aliphatic carbocycles. The maximum absolute atomic E-state index is 4.27. The highest BCUT2D eigenvalue weighted by Gasteiger charge is 1.71. The molecule has 0 aromatic heterocycles.